The molecule has 0 bridgehead atoms. The number of nitrogens with zero attached hydrogens (tertiary/aromatic N) is 2. The third-order valence-corrected chi connectivity index (χ3v) is 3.64. The highest BCUT2D eigenvalue weighted by Gasteiger charge is 2.39. The number of rotatable bonds is 3. The molecule has 0 radical (unpaired) electrons. The molecular weight excluding hydrogens is 212 g/mol. The van der Waals surface area contributed by atoms with Gasteiger partial charge in [-0.2, -0.15) is 5.26 Å². The topological polar surface area (TPSA) is 39.6 Å². The van der Waals surface area contributed by atoms with E-state index < -0.39 is 0 Å². The van der Waals surface area contributed by atoms with Crippen LogP contribution in [0.25, 0.3) is 0 Å². The summed E-state index contributed by atoms with van der Waals surface area (Å²) in [5.74, 6) is 0. The normalized spacial score (nSPS) is 27.9. The molecule has 3 rings (SSSR count). The third-order valence-electron chi connectivity index (χ3n) is 3.64. The quantitative estimate of drug-likeness (QED) is 0.742. The van der Waals surface area contributed by atoms with Crippen LogP contribution in [-0.2, 0) is 11.3 Å². The molecule has 1 aromatic rings. The molecule has 2 atom stereocenters. The first-order valence-electron chi connectivity index (χ1n) is 6.21. The van der Waals surface area contributed by atoms with E-state index in [1.165, 1.54) is 18.4 Å². The van der Waals surface area contributed by atoms with Crippen LogP contribution in [0, 0.1) is 11.3 Å². The largest absolute Gasteiger partial charge is 0.371 e. The molecule has 0 amide bonds. The Morgan fingerprint density at radius 3 is 3.12 bits per heavy atom. The van der Waals surface area contributed by atoms with E-state index >= 15 is 0 Å². The lowest BCUT2D eigenvalue weighted by Crippen LogP contribution is -2.33. The molecule has 1 unspecified atom stereocenters. The van der Waals surface area contributed by atoms with Crippen LogP contribution in [0.2, 0.25) is 0 Å². The summed E-state index contributed by atoms with van der Waals surface area (Å²) < 4.78 is 5.41. The van der Waals surface area contributed by atoms with Gasteiger partial charge in [0.2, 0.25) is 0 Å². The van der Waals surface area contributed by atoms with Crippen molar-refractivity contribution in [3.05, 3.63) is 35.4 Å². The number of nitriles is 1. The molecule has 2 heterocycles. The van der Waals surface area contributed by atoms with Gasteiger partial charge in [0.05, 0.1) is 24.3 Å². The monoisotopic (exact) mass is 228 g/mol. The Hall–Kier alpha value is -1.37. The number of benzene rings is 1. The standard InChI is InChI=1S/C14H16N2O/c15-8-11-3-1-4-12(7-11)9-16-6-2-5-13(16)14-10-17-14/h1,3-4,7,13-14H,2,5-6,9-10H2/t13?,14-/m1/s1. The summed E-state index contributed by atoms with van der Waals surface area (Å²) in [4.78, 5) is 2.49. The van der Waals surface area contributed by atoms with Crippen LogP contribution in [-0.4, -0.2) is 30.2 Å². The molecule has 0 N–H and O–H groups in total. The molecule has 1 aromatic carbocycles. The van der Waals surface area contributed by atoms with Crippen molar-refractivity contribution >= 4 is 0 Å². The van der Waals surface area contributed by atoms with E-state index in [9.17, 15) is 0 Å². The molecular formula is C14H16N2O. The molecule has 17 heavy (non-hydrogen) atoms. The Labute approximate surface area is 102 Å². The van der Waals surface area contributed by atoms with Gasteiger partial charge in [0.25, 0.3) is 0 Å². The third kappa shape index (κ3) is 2.33. The summed E-state index contributed by atoms with van der Waals surface area (Å²) >= 11 is 0. The van der Waals surface area contributed by atoms with Gasteiger partial charge in [0.15, 0.2) is 0 Å². The first kappa shape index (κ1) is 10.8. The molecule has 0 spiro atoms. The zero-order chi connectivity index (χ0) is 11.7. The van der Waals surface area contributed by atoms with E-state index in [1.54, 1.807) is 0 Å². The fraction of sp³-hybridized carbons (Fsp3) is 0.500. The van der Waals surface area contributed by atoms with Gasteiger partial charge in [-0.15, -0.1) is 0 Å². The van der Waals surface area contributed by atoms with Gasteiger partial charge >= 0.3 is 0 Å². The van der Waals surface area contributed by atoms with Crippen LogP contribution in [0.15, 0.2) is 24.3 Å². The van der Waals surface area contributed by atoms with E-state index in [0.717, 1.165) is 25.3 Å². The Bertz CT molecular complexity index is 448. The van der Waals surface area contributed by atoms with Gasteiger partial charge < -0.3 is 4.74 Å². The van der Waals surface area contributed by atoms with Gasteiger partial charge in [-0.3, -0.25) is 4.90 Å². The molecule has 2 fully saturated rings. The van der Waals surface area contributed by atoms with Crippen LogP contribution < -0.4 is 0 Å². The minimum atomic E-state index is 0.469. The van der Waals surface area contributed by atoms with Crippen LogP contribution in [0.3, 0.4) is 0 Å². The fourth-order valence-corrected chi connectivity index (χ4v) is 2.72. The van der Waals surface area contributed by atoms with Crippen molar-refractivity contribution in [3.63, 3.8) is 0 Å². The second-order valence-electron chi connectivity index (χ2n) is 4.86. The van der Waals surface area contributed by atoms with Gasteiger partial charge in [-0.1, -0.05) is 12.1 Å². The Balaban J connectivity index is 1.71. The zero-order valence-corrected chi connectivity index (χ0v) is 9.80. The minimum absolute atomic E-state index is 0.469. The van der Waals surface area contributed by atoms with Crippen molar-refractivity contribution in [1.29, 1.82) is 5.26 Å². The van der Waals surface area contributed by atoms with Crippen molar-refractivity contribution in [3.8, 4) is 6.07 Å². The summed E-state index contributed by atoms with van der Waals surface area (Å²) in [6.07, 6.45) is 2.99. The molecule has 0 aliphatic carbocycles. The van der Waals surface area contributed by atoms with Crippen LogP contribution >= 0.6 is 0 Å². The smallest absolute Gasteiger partial charge is 0.0991 e. The number of hydrogen-bond acceptors (Lipinski definition) is 3. The summed E-state index contributed by atoms with van der Waals surface area (Å²) in [5.41, 5.74) is 1.98. The van der Waals surface area contributed by atoms with Crippen molar-refractivity contribution in [2.75, 3.05) is 13.2 Å². The fourth-order valence-electron chi connectivity index (χ4n) is 2.72. The maximum absolute atomic E-state index is 8.89. The van der Waals surface area contributed by atoms with Crippen LogP contribution in [0.1, 0.15) is 24.0 Å². The molecule has 2 aliphatic rings. The highest BCUT2D eigenvalue weighted by atomic mass is 16.6. The predicted molar refractivity (Wildman–Crippen MR) is 64.3 cm³/mol. The molecule has 3 nitrogen and oxygen atoms in total. The van der Waals surface area contributed by atoms with Gasteiger partial charge in [-0.05, 0) is 37.1 Å². The SMILES string of the molecule is N#Cc1cccc(CN2CCCC2[C@H]2CO2)c1. The number of epoxide rings is 1. The van der Waals surface area contributed by atoms with Crippen molar-refractivity contribution in [2.24, 2.45) is 0 Å². The summed E-state index contributed by atoms with van der Waals surface area (Å²) in [7, 11) is 0. The highest BCUT2D eigenvalue weighted by molar-refractivity contribution is 5.32. The van der Waals surface area contributed by atoms with E-state index in [-0.39, 0.29) is 0 Å². The predicted octanol–water partition coefficient (Wildman–Crippen LogP) is 1.92. The average Bonchev–Trinajstić information content (AvgIpc) is 3.11. The molecule has 88 valence electrons. The lowest BCUT2D eigenvalue weighted by Gasteiger charge is -2.23. The first-order valence-corrected chi connectivity index (χ1v) is 6.21. The molecule has 0 saturated carbocycles. The second kappa shape index (κ2) is 4.48. The lowest BCUT2D eigenvalue weighted by molar-refractivity contribution is 0.201. The Kier molecular flexibility index (Phi) is 2.84. The van der Waals surface area contributed by atoms with Gasteiger partial charge in [0, 0.05) is 12.6 Å². The number of ether oxygens (including phenoxy) is 1. The first-order chi connectivity index (χ1) is 8.36. The van der Waals surface area contributed by atoms with Crippen LogP contribution in [0.4, 0.5) is 0 Å². The minimum Gasteiger partial charge on any atom is -0.371 e. The highest BCUT2D eigenvalue weighted by Crippen LogP contribution is 2.29. The lowest BCUT2D eigenvalue weighted by atomic mass is 10.1. The van der Waals surface area contributed by atoms with Gasteiger partial charge in [0.1, 0.15) is 0 Å². The van der Waals surface area contributed by atoms with E-state index in [0.29, 0.717) is 12.1 Å². The van der Waals surface area contributed by atoms with Crippen molar-refractivity contribution in [1.82, 2.24) is 4.90 Å². The summed E-state index contributed by atoms with van der Waals surface area (Å²) in [5, 5.41) is 8.89. The molecule has 2 aliphatic heterocycles. The molecule has 3 heteroatoms. The number of likely N-dealkylation sites (tertiary alicyclic amines) is 1. The second-order valence-corrected chi connectivity index (χ2v) is 4.86. The summed E-state index contributed by atoms with van der Waals surface area (Å²) in [6.45, 7) is 3.03. The summed E-state index contributed by atoms with van der Waals surface area (Å²) in [6, 6.07) is 10.7. The van der Waals surface area contributed by atoms with E-state index in [1.807, 2.05) is 18.2 Å². The maximum Gasteiger partial charge on any atom is 0.0991 e. The Morgan fingerprint density at radius 1 is 1.47 bits per heavy atom. The maximum atomic E-state index is 8.89. The van der Waals surface area contributed by atoms with Crippen molar-refractivity contribution in [2.45, 2.75) is 31.5 Å². The van der Waals surface area contributed by atoms with Crippen molar-refractivity contribution < 1.29 is 4.74 Å². The van der Waals surface area contributed by atoms with E-state index in [2.05, 4.69) is 17.0 Å². The molecule has 0 aromatic heterocycles. The van der Waals surface area contributed by atoms with Gasteiger partial charge in [-0.25, -0.2) is 0 Å². The Morgan fingerprint density at radius 2 is 2.35 bits per heavy atom. The van der Waals surface area contributed by atoms with Crippen LogP contribution in [0.5, 0.6) is 0 Å². The molecule has 2 saturated heterocycles. The number of hydrogen-bond donors (Lipinski definition) is 0. The zero-order valence-electron chi connectivity index (χ0n) is 9.80. The average molecular weight is 228 g/mol. The van der Waals surface area contributed by atoms with E-state index in [4.69, 9.17) is 10.00 Å².